The number of benzene rings is 1. The third kappa shape index (κ3) is 5.08. The molecule has 1 aliphatic rings. The highest BCUT2D eigenvalue weighted by Gasteiger charge is 2.23. The quantitative estimate of drug-likeness (QED) is 0.782. The number of nitrogens with one attached hydrogen (secondary N) is 1. The number of likely N-dealkylation sites (N-methyl/N-ethyl adjacent to an activating group) is 1. The Morgan fingerprint density at radius 3 is 2.40 bits per heavy atom. The number of hydrogen-bond acceptors (Lipinski definition) is 5. The van der Waals surface area contributed by atoms with E-state index in [2.05, 4.69) is 20.2 Å². The van der Waals surface area contributed by atoms with Crippen LogP contribution in [0.5, 0.6) is 0 Å². The Kier molecular flexibility index (Phi) is 6.92. The van der Waals surface area contributed by atoms with Crippen molar-refractivity contribution in [2.75, 3.05) is 36.9 Å². The Morgan fingerprint density at radius 2 is 1.77 bits per heavy atom. The molecule has 2 heterocycles. The van der Waals surface area contributed by atoms with E-state index in [9.17, 15) is 9.59 Å². The van der Waals surface area contributed by atoms with Crippen LogP contribution in [0.2, 0.25) is 5.02 Å². The summed E-state index contributed by atoms with van der Waals surface area (Å²) in [5.41, 5.74) is 4.00. The number of rotatable bonds is 5. The molecule has 1 aliphatic heterocycles. The number of piperidine rings is 1. The first-order chi connectivity index (χ1) is 14.3. The van der Waals surface area contributed by atoms with Crippen LogP contribution in [0.25, 0.3) is 0 Å². The number of aryl methyl sites for hydroxylation is 3. The van der Waals surface area contributed by atoms with Crippen LogP contribution in [0.15, 0.2) is 18.3 Å². The summed E-state index contributed by atoms with van der Waals surface area (Å²) in [7, 11) is 1.57. The molecule has 0 aliphatic carbocycles. The smallest absolute Gasteiger partial charge is 0.274 e. The molecule has 0 spiro atoms. The molecular formula is C22H28ClN5O2. The van der Waals surface area contributed by atoms with Gasteiger partial charge in [0, 0.05) is 25.8 Å². The molecule has 0 radical (unpaired) electrons. The van der Waals surface area contributed by atoms with Crippen molar-refractivity contribution < 1.29 is 9.59 Å². The van der Waals surface area contributed by atoms with Crippen molar-refractivity contribution >= 4 is 35.1 Å². The third-order valence-corrected chi connectivity index (χ3v) is 5.52. The molecule has 8 heteroatoms. The molecule has 1 saturated heterocycles. The minimum absolute atomic E-state index is 0.106. The number of amides is 2. The standard InChI is InChI=1S/C22H28ClN5O2/c1-14-10-15(2)19(16(3)11-14)25-18(29)13-27(4)21(30)20-17(23)12-24-22(26-20)28-8-6-5-7-9-28/h10-12H,5-9,13H2,1-4H3,(H,25,29). The van der Waals surface area contributed by atoms with Gasteiger partial charge in [0.1, 0.15) is 0 Å². The number of aromatic nitrogens is 2. The fraction of sp³-hybridized carbons (Fsp3) is 0.455. The van der Waals surface area contributed by atoms with E-state index in [1.165, 1.54) is 17.5 Å². The van der Waals surface area contributed by atoms with E-state index in [-0.39, 0.29) is 23.2 Å². The van der Waals surface area contributed by atoms with Crippen molar-refractivity contribution in [3.63, 3.8) is 0 Å². The second-order valence-electron chi connectivity index (χ2n) is 7.90. The van der Waals surface area contributed by atoms with Crippen LogP contribution < -0.4 is 10.2 Å². The number of carbonyl (C=O) groups excluding carboxylic acids is 2. The number of carbonyl (C=O) groups is 2. The van der Waals surface area contributed by atoms with Gasteiger partial charge in [-0.25, -0.2) is 9.97 Å². The van der Waals surface area contributed by atoms with E-state index in [0.717, 1.165) is 48.3 Å². The lowest BCUT2D eigenvalue weighted by Gasteiger charge is -2.27. The molecule has 0 unspecified atom stereocenters. The van der Waals surface area contributed by atoms with Crippen LogP contribution in [0.4, 0.5) is 11.6 Å². The number of hydrogen-bond donors (Lipinski definition) is 1. The van der Waals surface area contributed by atoms with Crippen molar-refractivity contribution in [3.8, 4) is 0 Å². The van der Waals surface area contributed by atoms with Gasteiger partial charge in [-0.2, -0.15) is 0 Å². The third-order valence-electron chi connectivity index (χ3n) is 5.24. The molecule has 1 N–H and O–H groups in total. The molecular weight excluding hydrogens is 402 g/mol. The molecule has 1 aromatic carbocycles. The van der Waals surface area contributed by atoms with E-state index in [4.69, 9.17) is 11.6 Å². The summed E-state index contributed by atoms with van der Waals surface area (Å²) < 4.78 is 0. The molecule has 7 nitrogen and oxygen atoms in total. The first-order valence-electron chi connectivity index (χ1n) is 10.2. The molecule has 1 fully saturated rings. The van der Waals surface area contributed by atoms with Gasteiger partial charge in [0.05, 0.1) is 17.8 Å². The van der Waals surface area contributed by atoms with Gasteiger partial charge in [-0.15, -0.1) is 0 Å². The van der Waals surface area contributed by atoms with Gasteiger partial charge in [0.25, 0.3) is 5.91 Å². The maximum Gasteiger partial charge on any atom is 0.274 e. The lowest BCUT2D eigenvalue weighted by atomic mass is 10.1. The summed E-state index contributed by atoms with van der Waals surface area (Å²) in [5, 5.41) is 3.09. The fourth-order valence-electron chi connectivity index (χ4n) is 3.78. The minimum Gasteiger partial charge on any atom is -0.341 e. The molecule has 0 atom stereocenters. The average Bonchev–Trinajstić information content (AvgIpc) is 2.71. The van der Waals surface area contributed by atoms with Crippen molar-refractivity contribution in [2.24, 2.45) is 0 Å². The average molecular weight is 430 g/mol. The summed E-state index contributed by atoms with van der Waals surface area (Å²) in [5.74, 6) is -0.179. The number of anilines is 2. The maximum absolute atomic E-state index is 12.9. The second-order valence-corrected chi connectivity index (χ2v) is 8.30. The van der Waals surface area contributed by atoms with Crippen LogP contribution in [-0.4, -0.2) is 53.4 Å². The lowest BCUT2D eigenvalue weighted by Crippen LogP contribution is -2.36. The Morgan fingerprint density at radius 1 is 1.13 bits per heavy atom. The summed E-state index contributed by atoms with van der Waals surface area (Å²) in [6, 6.07) is 4.03. The molecule has 160 valence electrons. The Labute approximate surface area is 182 Å². The highest BCUT2D eigenvalue weighted by Crippen LogP contribution is 2.23. The monoisotopic (exact) mass is 429 g/mol. The number of nitrogens with zero attached hydrogens (tertiary/aromatic N) is 4. The molecule has 0 saturated carbocycles. The van der Waals surface area contributed by atoms with E-state index in [1.807, 2.05) is 32.9 Å². The topological polar surface area (TPSA) is 78.4 Å². The van der Waals surface area contributed by atoms with Crippen LogP contribution in [0, 0.1) is 20.8 Å². The predicted octanol–water partition coefficient (Wildman–Crippen LogP) is 3.76. The van der Waals surface area contributed by atoms with Gasteiger partial charge in [0.2, 0.25) is 11.9 Å². The molecule has 2 amide bonds. The van der Waals surface area contributed by atoms with Crippen molar-refractivity contribution in [3.05, 3.63) is 45.7 Å². The zero-order valence-electron chi connectivity index (χ0n) is 18.0. The predicted molar refractivity (Wildman–Crippen MR) is 119 cm³/mol. The first kappa shape index (κ1) is 22.0. The summed E-state index contributed by atoms with van der Waals surface area (Å²) in [6.07, 6.45) is 4.80. The SMILES string of the molecule is Cc1cc(C)c(NC(=O)CN(C)C(=O)c2nc(N3CCCCC3)ncc2Cl)c(C)c1. The van der Waals surface area contributed by atoms with Gasteiger partial charge < -0.3 is 15.1 Å². The fourth-order valence-corrected chi connectivity index (χ4v) is 3.95. The Bertz CT molecular complexity index is 934. The Balaban J connectivity index is 1.70. The van der Waals surface area contributed by atoms with Gasteiger partial charge in [0.15, 0.2) is 5.69 Å². The maximum atomic E-state index is 12.9. The van der Waals surface area contributed by atoms with Crippen LogP contribution in [0.3, 0.4) is 0 Å². The summed E-state index contributed by atoms with van der Waals surface area (Å²) in [6.45, 7) is 7.54. The van der Waals surface area contributed by atoms with Crippen LogP contribution in [0.1, 0.15) is 46.4 Å². The number of halogens is 1. The first-order valence-corrected chi connectivity index (χ1v) is 10.5. The van der Waals surface area contributed by atoms with E-state index < -0.39 is 5.91 Å². The summed E-state index contributed by atoms with van der Waals surface area (Å²) in [4.78, 5) is 37.6. The van der Waals surface area contributed by atoms with Gasteiger partial charge in [-0.3, -0.25) is 9.59 Å². The normalized spacial score (nSPS) is 13.8. The molecule has 3 rings (SSSR count). The van der Waals surface area contributed by atoms with Crippen LogP contribution >= 0.6 is 11.6 Å². The van der Waals surface area contributed by atoms with Crippen molar-refractivity contribution in [1.82, 2.24) is 14.9 Å². The minimum atomic E-state index is -0.409. The zero-order valence-corrected chi connectivity index (χ0v) is 18.7. The highest BCUT2D eigenvalue weighted by atomic mass is 35.5. The second kappa shape index (κ2) is 9.43. The molecule has 1 aromatic heterocycles. The summed E-state index contributed by atoms with van der Waals surface area (Å²) >= 11 is 6.21. The van der Waals surface area contributed by atoms with E-state index >= 15 is 0 Å². The van der Waals surface area contributed by atoms with Crippen molar-refractivity contribution in [1.29, 1.82) is 0 Å². The molecule has 30 heavy (non-hydrogen) atoms. The Hall–Kier alpha value is -2.67. The van der Waals surface area contributed by atoms with Crippen LogP contribution in [-0.2, 0) is 4.79 Å². The van der Waals surface area contributed by atoms with Gasteiger partial charge in [-0.1, -0.05) is 29.3 Å². The molecule has 0 bridgehead atoms. The van der Waals surface area contributed by atoms with Gasteiger partial charge >= 0.3 is 0 Å². The highest BCUT2D eigenvalue weighted by molar-refractivity contribution is 6.33. The molecule has 2 aromatic rings. The van der Waals surface area contributed by atoms with Gasteiger partial charge in [-0.05, 0) is 51.2 Å². The zero-order chi connectivity index (χ0) is 21.8. The van der Waals surface area contributed by atoms with E-state index in [0.29, 0.717) is 5.95 Å². The largest absolute Gasteiger partial charge is 0.341 e. The van der Waals surface area contributed by atoms with Crippen molar-refractivity contribution in [2.45, 2.75) is 40.0 Å². The van der Waals surface area contributed by atoms with E-state index in [1.54, 1.807) is 7.05 Å². The lowest BCUT2D eigenvalue weighted by molar-refractivity contribution is -0.116.